The Labute approximate surface area is 93.8 Å². The average molecular weight is 224 g/mol. The van der Waals surface area contributed by atoms with Crippen LogP contribution in [-0.4, -0.2) is 39.7 Å². The molecular weight excluding hydrogens is 208 g/mol. The lowest BCUT2D eigenvalue weighted by Crippen LogP contribution is -2.58. The van der Waals surface area contributed by atoms with E-state index in [0.717, 1.165) is 12.2 Å². The molecule has 0 spiro atoms. The number of likely N-dealkylation sites (tertiary alicyclic amines) is 1. The summed E-state index contributed by atoms with van der Waals surface area (Å²) in [6.07, 6.45) is 4.07. The highest BCUT2D eigenvalue weighted by Crippen LogP contribution is 2.20. The topological polar surface area (TPSA) is 41.1 Å². The summed E-state index contributed by atoms with van der Waals surface area (Å²) < 4.78 is 3.91. The van der Waals surface area contributed by atoms with Gasteiger partial charge in [0, 0.05) is 37.1 Å². The maximum absolute atomic E-state index is 4.11. The molecule has 2 fully saturated rings. The molecule has 0 amide bonds. The van der Waals surface area contributed by atoms with E-state index in [4.69, 9.17) is 0 Å². The van der Waals surface area contributed by atoms with Crippen molar-refractivity contribution in [3.63, 3.8) is 0 Å². The number of nitrogens with zero attached hydrogens (tertiary/aromatic N) is 3. The summed E-state index contributed by atoms with van der Waals surface area (Å²) in [5, 5.41) is 9.85. The van der Waals surface area contributed by atoms with Crippen molar-refractivity contribution in [2.24, 2.45) is 0 Å². The zero-order chi connectivity index (χ0) is 10.1. The van der Waals surface area contributed by atoms with E-state index in [-0.39, 0.29) is 0 Å². The first-order valence-corrected chi connectivity index (χ1v) is 6.48. The van der Waals surface area contributed by atoms with E-state index in [1.807, 2.05) is 0 Å². The lowest BCUT2D eigenvalue weighted by molar-refractivity contribution is 0.118. The van der Waals surface area contributed by atoms with Gasteiger partial charge < -0.3 is 5.32 Å². The molecule has 0 saturated carbocycles. The molecule has 2 atom stereocenters. The SMILES string of the molecule is c1snnc1CN1CC2CCCC(C1)N2. The van der Waals surface area contributed by atoms with Crippen molar-refractivity contribution in [1.29, 1.82) is 0 Å². The van der Waals surface area contributed by atoms with Gasteiger partial charge in [-0.2, -0.15) is 0 Å². The summed E-state index contributed by atoms with van der Waals surface area (Å²) in [6.45, 7) is 3.33. The summed E-state index contributed by atoms with van der Waals surface area (Å²) in [5.74, 6) is 0. The van der Waals surface area contributed by atoms with Gasteiger partial charge in [0.05, 0.1) is 5.69 Å². The minimum absolute atomic E-state index is 0.712. The Balaban J connectivity index is 1.63. The van der Waals surface area contributed by atoms with E-state index in [1.165, 1.54) is 43.9 Å². The van der Waals surface area contributed by atoms with Gasteiger partial charge in [0.1, 0.15) is 0 Å². The third-order valence-corrected chi connectivity index (χ3v) is 3.88. The molecule has 2 unspecified atom stereocenters. The molecule has 3 heterocycles. The number of hydrogen-bond acceptors (Lipinski definition) is 5. The van der Waals surface area contributed by atoms with Crippen LogP contribution in [0.1, 0.15) is 25.0 Å². The highest BCUT2D eigenvalue weighted by molar-refractivity contribution is 7.03. The fourth-order valence-corrected chi connectivity index (χ4v) is 3.15. The maximum Gasteiger partial charge on any atom is 0.0895 e. The number of aromatic nitrogens is 2. The second kappa shape index (κ2) is 4.15. The molecule has 1 aromatic heterocycles. The van der Waals surface area contributed by atoms with Gasteiger partial charge in [-0.15, -0.1) is 5.10 Å². The van der Waals surface area contributed by atoms with Gasteiger partial charge >= 0.3 is 0 Å². The number of piperazine rings is 1. The van der Waals surface area contributed by atoms with Crippen molar-refractivity contribution in [3.8, 4) is 0 Å². The van der Waals surface area contributed by atoms with Crippen molar-refractivity contribution in [1.82, 2.24) is 19.8 Å². The van der Waals surface area contributed by atoms with E-state index in [0.29, 0.717) is 12.1 Å². The number of piperidine rings is 1. The zero-order valence-corrected chi connectivity index (χ0v) is 9.54. The van der Waals surface area contributed by atoms with E-state index in [9.17, 15) is 0 Å². The molecular formula is C10H16N4S. The van der Waals surface area contributed by atoms with Gasteiger partial charge in [-0.25, -0.2) is 0 Å². The zero-order valence-electron chi connectivity index (χ0n) is 8.72. The first-order chi connectivity index (χ1) is 7.40. The Bertz CT molecular complexity index is 301. The monoisotopic (exact) mass is 224 g/mol. The van der Waals surface area contributed by atoms with Crippen LogP contribution in [0.5, 0.6) is 0 Å². The predicted molar refractivity (Wildman–Crippen MR) is 59.7 cm³/mol. The Morgan fingerprint density at radius 3 is 2.87 bits per heavy atom. The minimum Gasteiger partial charge on any atom is -0.309 e. The molecule has 2 aliphatic rings. The summed E-state index contributed by atoms with van der Waals surface area (Å²) in [6, 6.07) is 1.42. The molecule has 15 heavy (non-hydrogen) atoms. The third-order valence-electron chi connectivity index (χ3n) is 3.32. The van der Waals surface area contributed by atoms with Crippen molar-refractivity contribution in [3.05, 3.63) is 11.1 Å². The Hall–Kier alpha value is -0.520. The highest BCUT2D eigenvalue weighted by atomic mass is 32.1. The molecule has 4 nitrogen and oxygen atoms in total. The standard InChI is InChI=1S/C10H16N4S/c1-2-8-4-14(5-9(3-1)11-8)6-10-7-15-13-12-10/h7-9,11H,1-6H2. The molecule has 0 radical (unpaired) electrons. The molecule has 2 aliphatic heterocycles. The van der Waals surface area contributed by atoms with Gasteiger partial charge in [0.15, 0.2) is 0 Å². The quantitative estimate of drug-likeness (QED) is 0.809. The van der Waals surface area contributed by atoms with Crippen LogP contribution in [0, 0.1) is 0 Å². The largest absolute Gasteiger partial charge is 0.309 e. The van der Waals surface area contributed by atoms with Gasteiger partial charge in [0.25, 0.3) is 0 Å². The van der Waals surface area contributed by atoms with Crippen LogP contribution < -0.4 is 5.32 Å². The smallest absolute Gasteiger partial charge is 0.0895 e. The predicted octanol–water partition coefficient (Wildman–Crippen LogP) is 0.864. The first-order valence-electron chi connectivity index (χ1n) is 5.64. The Morgan fingerprint density at radius 1 is 1.40 bits per heavy atom. The van der Waals surface area contributed by atoms with E-state index < -0.39 is 0 Å². The van der Waals surface area contributed by atoms with E-state index >= 15 is 0 Å². The molecule has 3 rings (SSSR count). The summed E-state index contributed by atoms with van der Waals surface area (Å²) in [7, 11) is 0. The molecule has 0 aliphatic carbocycles. The Morgan fingerprint density at radius 2 is 2.20 bits per heavy atom. The first kappa shape index (κ1) is 9.69. The Kier molecular flexibility index (Phi) is 2.68. The lowest BCUT2D eigenvalue weighted by atomic mass is 9.94. The number of nitrogens with one attached hydrogen (secondary N) is 1. The summed E-state index contributed by atoms with van der Waals surface area (Å²) in [4.78, 5) is 2.52. The summed E-state index contributed by atoms with van der Waals surface area (Å²) in [5.41, 5.74) is 1.12. The molecule has 1 aromatic rings. The van der Waals surface area contributed by atoms with Crippen molar-refractivity contribution in [2.75, 3.05) is 13.1 Å². The number of hydrogen-bond donors (Lipinski definition) is 1. The second-order valence-electron chi connectivity index (χ2n) is 4.58. The van der Waals surface area contributed by atoms with Crippen LogP contribution in [0.25, 0.3) is 0 Å². The van der Waals surface area contributed by atoms with Crippen LogP contribution in [-0.2, 0) is 6.54 Å². The molecule has 2 saturated heterocycles. The lowest BCUT2D eigenvalue weighted by Gasteiger charge is -2.42. The maximum atomic E-state index is 4.11. The molecule has 5 heteroatoms. The van der Waals surface area contributed by atoms with Crippen molar-refractivity contribution >= 4 is 11.5 Å². The van der Waals surface area contributed by atoms with Crippen LogP contribution >= 0.6 is 11.5 Å². The average Bonchev–Trinajstić information content (AvgIpc) is 2.70. The summed E-state index contributed by atoms with van der Waals surface area (Å²) >= 11 is 1.45. The van der Waals surface area contributed by atoms with E-state index in [2.05, 4.69) is 25.2 Å². The van der Waals surface area contributed by atoms with Gasteiger partial charge in [-0.3, -0.25) is 4.90 Å². The van der Waals surface area contributed by atoms with Crippen LogP contribution in [0.3, 0.4) is 0 Å². The fraction of sp³-hybridized carbons (Fsp3) is 0.800. The molecule has 1 N–H and O–H groups in total. The highest BCUT2D eigenvalue weighted by Gasteiger charge is 2.29. The molecule has 82 valence electrons. The van der Waals surface area contributed by atoms with E-state index in [1.54, 1.807) is 0 Å². The van der Waals surface area contributed by atoms with Crippen molar-refractivity contribution < 1.29 is 0 Å². The normalized spacial score (nSPS) is 31.7. The number of rotatable bonds is 2. The van der Waals surface area contributed by atoms with Crippen LogP contribution in [0.2, 0.25) is 0 Å². The van der Waals surface area contributed by atoms with Crippen LogP contribution in [0.4, 0.5) is 0 Å². The van der Waals surface area contributed by atoms with Gasteiger partial charge in [-0.05, 0) is 24.4 Å². The van der Waals surface area contributed by atoms with Gasteiger partial charge in [-0.1, -0.05) is 10.9 Å². The third kappa shape index (κ3) is 2.19. The second-order valence-corrected chi connectivity index (χ2v) is 5.19. The van der Waals surface area contributed by atoms with Crippen molar-refractivity contribution in [2.45, 2.75) is 37.9 Å². The van der Waals surface area contributed by atoms with Gasteiger partial charge in [0.2, 0.25) is 0 Å². The van der Waals surface area contributed by atoms with Crippen LogP contribution in [0.15, 0.2) is 5.38 Å². The molecule has 2 bridgehead atoms. The minimum atomic E-state index is 0.712. The fourth-order valence-electron chi connectivity index (χ4n) is 2.71. The molecule has 0 aromatic carbocycles. The number of fused-ring (bicyclic) bond motifs is 2.